The number of fused-ring (bicyclic) bond motifs is 1. The van der Waals surface area contributed by atoms with Gasteiger partial charge in [0.05, 0.1) is 24.7 Å². The number of amides is 1. The zero-order valence-corrected chi connectivity index (χ0v) is 14.2. The first kappa shape index (κ1) is 16.0. The standard InChI is InChI=1S/C16H16N6O2S/c23-15(21-7-9-24-10-8-21)11-25-16-19-18-14-2-1-13(20-22(14)16)12-3-5-17-6-4-12/h1-6H,7-11H2. The number of ether oxygens (including phenoxy) is 1. The van der Waals surface area contributed by atoms with Gasteiger partial charge in [-0.25, -0.2) is 0 Å². The molecule has 0 bridgehead atoms. The van der Waals surface area contributed by atoms with Crippen LogP contribution in [-0.4, -0.2) is 67.7 Å². The van der Waals surface area contributed by atoms with Crippen LogP contribution in [0, 0.1) is 0 Å². The fraction of sp³-hybridized carbons (Fsp3) is 0.312. The average Bonchev–Trinajstić information content (AvgIpc) is 3.10. The average molecular weight is 356 g/mol. The Labute approximate surface area is 148 Å². The van der Waals surface area contributed by atoms with Gasteiger partial charge in [-0.2, -0.15) is 9.61 Å². The molecule has 8 nitrogen and oxygen atoms in total. The first-order valence-electron chi connectivity index (χ1n) is 7.92. The molecule has 0 aliphatic carbocycles. The van der Waals surface area contributed by atoms with Crippen LogP contribution in [-0.2, 0) is 9.53 Å². The van der Waals surface area contributed by atoms with E-state index in [9.17, 15) is 4.79 Å². The topological polar surface area (TPSA) is 85.5 Å². The number of hydrogen-bond acceptors (Lipinski definition) is 7. The Hall–Kier alpha value is -2.52. The fourth-order valence-electron chi connectivity index (χ4n) is 2.57. The molecular formula is C16H16N6O2S. The highest BCUT2D eigenvalue weighted by Crippen LogP contribution is 2.20. The van der Waals surface area contributed by atoms with Gasteiger partial charge in [-0.15, -0.1) is 10.2 Å². The van der Waals surface area contributed by atoms with Crippen molar-refractivity contribution in [2.75, 3.05) is 32.1 Å². The summed E-state index contributed by atoms with van der Waals surface area (Å²) in [6.07, 6.45) is 3.45. The summed E-state index contributed by atoms with van der Waals surface area (Å²) in [5.74, 6) is 0.387. The molecule has 4 heterocycles. The van der Waals surface area contributed by atoms with Crippen LogP contribution in [0.5, 0.6) is 0 Å². The summed E-state index contributed by atoms with van der Waals surface area (Å²) in [6.45, 7) is 2.48. The highest BCUT2D eigenvalue weighted by molar-refractivity contribution is 7.99. The molecule has 3 aromatic heterocycles. The van der Waals surface area contributed by atoms with E-state index in [1.54, 1.807) is 16.9 Å². The first-order chi connectivity index (χ1) is 12.3. The third-order valence-corrected chi connectivity index (χ3v) is 4.80. The van der Waals surface area contributed by atoms with Crippen LogP contribution in [0.3, 0.4) is 0 Å². The number of rotatable bonds is 4. The van der Waals surface area contributed by atoms with Crippen molar-refractivity contribution in [2.45, 2.75) is 5.16 Å². The van der Waals surface area contributed by atoms with Crippen LogP contribution < -0.4 is 0 Å². The molecule has 3 aromatic rings. The molecule has 0 saturated carbocycles. The Kier molecular flexibility index (Phi) is 4.57. The monoisotopic (exact) mass is 356 g/mol. The van der Waals surface area contributed by atoms with Gasteiger partial charge >= 0.3 is 0 Å². The molecule has 1 aliphatic rings. The van der Waals surface area contributed by atoms with Gasteiger partial charge in [-0.3, -0.25) is 9.78 Å². The molecule has 25 heavy (non-hydrogen) atoms. The van der Waals surface area contributed by atoms with E-state index in [1.165, 1.54) is 11.8 Å². The summed E-state index contributed by atoms with van der Waals surface area (Å²) < 4.78 is 6.95. The Morgan fingerprint density at radius 3 is 2.72 bits per heavy atom. The number of nitrogens with zero attached hydrogens (tertiary/aromatic N) is 6. The Balaban J connectivity index is 1.52. The molecule has 0 aromatic carbocycles. The van der Waals surface area contributed by atoms with Gasteiger partial charge in [0, 0.05) is 31.0 Å². The number of aromatic nitrogens is 5. The van der Waals surface area contributed by atoms with Crippen molar-refractivity contribution in [2.24, 2.45) is 0 Å². The Morgan fingerprint density at radius 2 is 1.92 bits per heavy atom. The summed E-state index contributed by atoms with van der Waals surface area (Å²) in [4.78, 5) is 18.1. The molecule has 0 N–H and O–H groups in total. The minimum Gasteiger partial charge on any atom is -0.378 e. The highest BCUT2D eigenvalue weighted by atomic mass is 32.2. The van der Waals surface area contributed by atoms with Gasteiger partial charge in [0.25, 0.3) is 0 Å². The zero-order chi connectivity index (χ0) is 17.1. The number of hydrogen-bond donors (Lipinski definition) is 0. The summed E-state index contributed by atoms with van der Waals surface area (Å²) in [5, 5.41) is 13.5. The van der Waals surface area contributed by atoms with E-state index in [0.717, 1.165) is 11.3 Å². The van der Waals surface area contributed by atoms with Gasteiger partial charge in [0.1, 0.15) is 0 Å². The molecule has 128 valence electrons. The Morgan fingerprint density at radius 1 is 1.12 bits per heavy atom. The second-order valence-corrected chi connectivity index (χ2v) is 6.43. The lowest BCUT2D eigenvalue weighted by molar-refractivity contribution is -0.132. The molecular weight excluding hydrogens is 340 g/mol. The van der Waals surface area contributed by atoms with Gasteiger partial charge < -0.3 is 9.64 Å². The van der Waals surface area contributed by atoms with Crippen LogP contribution >= 0.6 is 11.8 Å². The van der Waals surface area contributed by atoms with Crippen LogP contribution in [0.4, 0.5) is 0 Å². The number of carbonyl (C=O) groups excluding carboxylic acids is 1. The van der Waals surface area contributed by atoms with Gasteiger partial charge in [-0.05, 0) is 24.3 Å². The maximum absolute atomic E-state index is 12.3. The summed E-state index contributed by atoms with van der Waals surface area (Å²) in [5.41, 5.74) is 2.42. The summed E-state index contributed by atoms with van der Waals surface area (Å²) >= 11 is 1.34. The lowest BCUT2D eigenvalue weighted by Gasteiger charge is -2.26. The summed E-state index contributed by atoms with van der Waals surface area (Å²) in [6, 6.07) is 7.55. The third-order valence-electron chi connectivity index (χ3n) is 3.90. The van der Waals surface area contributed by atoms with Crippen LogP contribution in [0.1, 0.15) is 0 Å². The van der Waals surface area contributed by atoms with Crippen LogP contribution in [0.25, 0.3) is 16.9 Å². The third kappa shape index (κ3) is 3.47. The minimum absolute atomic E-state index is 0.0790. The predicted molar refractivity (Wildman–Crippen MR) is 92.1 cm³/mol. The van der Waals surface area contributed by atoms with E-state index in [2.05, 4.69) is 20.3 Å². The Bertz CT molecular complexity index is 879. The fourth-order valence-corrected chi connectivity index (χ4v) is 3.36. The minimum atomic E-state index is 0.0790. The molecule has 1 saturated heterocycles. The molecule has 0 spiro atoms. The van der Waals surface area contributed by atoms with Gasteiger partial charge in [0.2, 0.25) is 11.1 Å². The molecule has 1 aliphatic heterocycles. The maximum atomic E-state index is 12.3. The van der Waals surface area contributed by atoms with E-state index >= 15 is 0 Å². The number of carbonyl (C=O) groups is 1. The van der Waals surface area contributed by atoms with E-state index in [-0.39, 0.29) is 5.91 Å². The molecule has 9 heteroatoms. The van der Waals surface area contributed by atoms with E-state index in [4.69, 9.17) is 4.74 Å². The second-order valence-electron chi connectivity index (χ2n) is 5.49. The van der Waals surface area contributed by atoms with E-state index in [1.807, 2.05) is 29.2 Å². The molecule has 0 unspecified atom stereocenters. The van der Waals surface area contributed by atoms with Crippen molar-refractivity contribution in [3.63, 3.8) is 0 Å². The van der Waals surface area contributed by atoms with Crippen LogP contribution in [0.15, 0.2) is 41.8 Å². The largest absolute Gasteiger partial charge is 0.378 e. The molecule has 0 atom stereocenters. The van der Waals surface area contributed by atoms with Crippen molar-refractivity contribution in [1.82, 2.24) is 29.7 Å². The number of thioether (sulfide) groups is 1. The van der Waals surface area contributed by atoms with Crippen molar-refractivity contribution in [3.8, 4) is 11.3 Å². The molecule has 1 fully saturated rings. The second kappa shape index (κ2) is 7.16. The highest BCUT2D eigenvalue weighted by Gasteiger charge is 2.18. The van der Waals surface area contributed by atoms with Gasteiger partial charge in [0.15, 0.2) is 5.65 Å². The lowest BCUT2D eigenvalue weighted by atomic mass is 10.2. The van der Waals surface area contributed by atoms with E-state index in [0.29, 0.717) is 42.9 Å². The van der Waals surface area contributed by atoms with Crippen molar-refractivity contribution < 1.29 is 9.53 Å². The number of pyridine rings is 1. The van der Waals surface area contributed by atoms with Gasteiger partial charge in [-0.1, -0.05) is 11.8 Å². The smallest absolute Gasteiger partial charge is 0.233 e. The molecule has 1 amide bonds. The SMILES string of the molecule is O=C(CSc1nnc2ccc(-c3ccncc3)nn12)N1CCOCC1. The summed E-state index contributed by atoms with van der Waals surface area (Å²) in [7, 11) is 0. The molecule has 0 radical (unpaired) electrons. The van der Waals surface area contributed by atoms with Crippen molar-refractivity contribution in [1.29, 1.82) is 0 Å². The maximum Gasteiger partial charge on any atom is 0.233 e. The quantitative estimate of drug-likeness (QED) is 0.648. The lowest BCUT2D eigenvalue weighted by Crippen LogP contribution is -2.41. The van der Waals surface area contributed by atoms with Crippen molar-refractivity contribution >= 4 is 23.3 Å². The zero-order valence-electron chi connectivity index (χ0n) is 13.4. The first-order valence-corrected chi connectivity index (χ1v) is 8.91. The number of morpholine rings is 1. The molecule has 4 rings (SSSR count). The van der Waals surface area contributed by atoms with E-state index < -0.39 is 0 Å². The van der Waals surface area contributed by atoms with Crippen molar-refractivity contribution in [3.05, 3.63) is 36.7 Å². The normalized spacial score (nSPS) is 14.8. The predicted octanol–water partition coefficient (Wildman–Crippen LogP) is 1.14. The van der Waals surface area contributed by atoms with Crippen LogP contribution in [0.2, 0.25) is 0 Å².